The molecule has 2 aromatic carbocycles. The topological polar surface area (TPSA) is 133 Å². The maximum Gasteiger partial charge on any atom is 0.339 e. The van der Waals surface area contributed by atoms with Crippen molar-refractivity contribution in [2.24, 2.45) is 0 Å². The van der Waals surface area contributed by atoms with E-state index >= 15 is 0 Å². The Morgan fingerprint density at radius 1 is 1.09 bits per heavy atom. The first-order valence-electron chi connectivity index (χ1n) is 10.2. The molecule has 10 nitrogen and oxygen atoms in total. The van der Waals surface area contributed by atoms with Gasteiger partial charge < -0.3 is 10.1 Å². The third-order valence-corrected chi connectivity index (χ3v) is 5.18. The van der Waals surface area contributed by atoms with Crippen molar-refractivity contribution in [2.45, 2.75) is 32.9 Å². The molecule has 0 bridgehead atoms. The van der Waals surface area contributed by atoms with Crippen LogP contribution >= 0.6 is 11.6 Å². The number of rotatable bonds is 8. The smallest absolute Gasteiger partial charge is 0.339 e. The van der Waals surface area contributed by atoms with E-state index in [1.165, 1.54) is 49.5 Å². The summed E-state index contributed by atoms with van der Waals surface area (Å²) in [5.41, 5.74) is -0.575. The van der Waals surface area contributed by atoms with Crippen molar-refractivity contribution in [3.05, 3.63) is 86.6 Å². The minimum Gasteiger partial charge on any atom is -0.449 e. The van der Waals surface area contributed by atoms with Gasteiger partial charge in [0.2, 0.25) is 0 Å². The quantitative estimate of drug-likeness (QED) is 0.216. The second-order valence-electron chi connectivity index (χ2n) is 7.59. The number of anilines is 1. The van der Waals surface area contributed by atoms with E-state index in [0.717, 1.165) is 6.07 Å². The summed E-state index contributed by atoms with van der Waals surface area (Å²) in [6.45, 7) is 5.20. The third-order valence-electron chi connectivity index (χ3n) is 4.86. The molecule has 11 heteroatoms. The molecule has 176 valence electrons. The molecule has 0 fully saturated rings. The summed E-state index contributed by atoms with van der Waals surface area (Å²) in [5.74, 6) is -1.66. The lowest BCUT2D eigenvalue weighted by Crippen LogP contribution is -2.31. The number of halogens is 1. The molecule has 1 heterocycles. The van der Waals surface area contributed by atoms with Crippen LogP contribution in [0.25, 0.3) is 0 Å². The molecule has 34 heavy (non-hydrogen) atoms. The summed E-state index contributed by atoms with van der Waals surface area (Å²) in [6, 6.07) is 11.1. The Hall–Kier alpha value is -4.05. The zero-order chi connectivity index (χ0) is 25.0. The van der Waals surface area contributed by atoms with Gasteiger partial charge in [0.1, 0.15) is 10.8 Å². The highest BCUT2D eigenvalue weighted by Gasteiger charge is 2.25. The summed E-state index contributed by atoms with van der Waals surface area (Å²) in [4.78, 5) is 48.9. The molecule has 3 aromatic rings. The van der Waals surface area contributed by atoms with Crippen LogP contribution in [0.2, 0.25) is 5.02 Å². The maximum absolute atomic E-state index is 13.0. The van der Waals surface area contributed by atoms with Gasteiger partial charge in [0, 0.05) is 29.3 Å². The van der Waals surface area contributed by atoms with Gasteiger partial charge in [-0.05, 0) is 39.0 Å². The lowest BCUT2D eigenvalue weighted by molar-refractivity contribution is -0.384. The molecule has 1 amide bonds. The Balaban J connectivity index is 1.79. The van der Waals surface area contributed by atoms with E-state index in [1.54, 1.807) is 10.7 Å². The lowest BCUT2D eigenvalue weighted by atomic mass is 9.98. The summed E-state index contributed by atoms with van der Waals surface area (Å²) in [7, 11) is 0. The Labute approximate surface area is 199 Å². The molecule has 0 aliphatic rings. The van der Waals surface area contributed by atoms with Crippen molar-refractivity contribution < 1.29 is 24.0 Å². The first kappa shape index (κ1) is 24.6. The summed E-state index contributed by atoms with van der Waals surface area (Å²) < 4.78 is 6.90. The first-order chi connectivity index (χ1) is 16.1. The summed E-state index contributed by atoms with van der Waals surface area (Å²) >= 11 is 5.82. The van der Waals surface area contributed by atoms with Crippen molar-refractivity contribution >= 4 is 40.8 Å². The Morgan fingerprint density at radius 2 is 1.76 bits per heavy atom. The standard InChI is InChI=1S/C23H21ClN4O6/c1-13(2)27-20(10-11-25-27)26-22(30)14(3)34-23(31)17-7-5-4-6-16(17)21(29)15-8-9-18(24)19(12-15)28(32)33/h4-14H,1-3H3,(H,26,30). The van der Waals surface area contributed by atoms with E-state index in [2.05, 4.69) is 10.4 Å². The number of carbonyl (C=O) groups is 3. The van der Waals surface area contributed by atoms with E-state index < -0.39 is 34.4 Å². The van der Waals surface area contributed by atoms with Crippen LogP contribution in [0.3, 0.4) is 0 Å². The van der Waals surface area contributed by atoms with Gasteiger partial charge in [-0.3, -0.25) is 19.7 Å². The molecule has 0 aliphatic heterocycles. The average Bonchev–Trinajstić information content (AvgIpc) is 3.27. The van der Waals surface area contributed by atoms with Crippen LogP contribution in [0, 0.1) is 10.1 Å². The van der Waals surface area contributed by atoms with Crippen LogP contribution in [0.5, 0.6) is 0 Å². The third kappa shape index (κ3) is 5.29. The molecule has 1 N–H and O–H groups in total. The van der Waals surface area contributed by atoms with Crippen LogP contribution in [-0.2, 0) is 9.53 Å². The van der Waals surface area contributed by atoms with Crippen LogP contribution in [-0.4, -0.2) is 38.5 Å². The molecular weight excluding hydrogens is 464 g/mol. The fourth-order valence-electron chi connectivity index (χ4n) is 3.14. The zero-order valence-corrected chi connectivity index (χ0v) is 19.3. The van der Waals surface area contributed by atoms with Gasteiger partial charge in [-0.15, -0.1) is 0 Å². The number of nitro groups is 1. The molecule has 3 rings (SSSR count). The van der Waals surface area contributed by atoms with Gasteiger partial charge in [-0.2, -0.15) is 5.10 Å². The molecule has 1 aromatic heterocycles. The van der Waals surface area contributed by atoms with Gasteiger partial charge in [-0.1, -0.05) is 29.8 Å². The number of hydrogen-bond donors (Lipinski definition) is 1. The van der Waals surface area contributed by atoms with Crippen molar-refractivity contribution in [1.29, 1.82) is 0 Å². The Morgan fingerprint density at radius 3 is 2.41 bits per heavy atom. The van der Waals surface area contributed by atoms with Crippen LogP contribution < -0.4 is 5.32 Å². The molecule has 0 spiro atoms. The Bertz CT molecular complexity index is 1270. The zero-order valence-electron chi connectivity index (χ0n) is 18.5. The fraction of sp³-hybridized carbons (Fsp3) is 0.217. The highest BCUT2D eigenvalue weighted by molar-refractivity contribution is 6.33. The lowest BCUT2D eigenvalue weighted by Gasteiger charge is -2.16. The number of esters is 1. The number of nitrogens with zero attached hydrogens (tertiary/aromatic N) is 3. The predicted molar refractivity (Wildman–Crippen MR) is 124 cm³/mol. The number of nitro benzene ring substituents is 1. The summed E-state index contributed by atoms with van der Waals surface area (Å²) in [5, 5.41) is 17.8. The molecular formula is C23H21ClN4O6. The number of hydrogen-bond acceptors (Lipinski definition) is 7. The molecule has 0 radical (unpaired) electrons. The minimum atomic E-state index is -1.18. The second-order valence-corrected chi connectivity index (χ2v) is 8.00. The largest absolute Gasteiger partial charge is 0.449 e. The summed E-state index contributed by atoms with van der Waals surface area (Å²) in [6.07, 6.45) is 0.359. The van der Waals surface area contributed by atoms with Crippen LogP contribution in [0.1, 0.15) is 53.1 Å². The number of amides is 1. The predicted octanol–water partition coefficient (Wildman–Crippen LogP) is 4.44. The van der Waals surface area contributed by atoms with Gasteiger partial charge in [0.25, 0.3) is 11.6 Å². The number of ketones is 1. The SMILES string of the molecule is CC(OC(=O)c1ccccc1C(=O)c1ccc(Cl)c([N+](=O)[O-])c1)C(=O)Nc1ccnn1C(C)C. The first-order valence-corrected chi connectivity index (χ1v) is 10.6. The number of nitrogens with one attached hydrogen (secondary N) is 1. The molecule has 1 unspecified atom stereocenters. The van der Waals surface area contributed by atoms with E-state index in [9.17, 15) is 24.5 Å². The van der Waals surface area contributed by atoms with Crippen LogP contribution in [0.4, 0.5) is 11.5 Å². The van der Waals surface area contributed by atoms with Crippen LogP contribution in [0.15, 0.2) is 54.7 Å². The van der Waals surface area contributed by atoms with Gasteiger partial charge in [0.15, 0.2) is 11.9 Å². The number of aromatic nitrogens is 2. The van der Waals surface area contributed by atoms with Crippen molar-refractivity contribution in [2.75, 3.05) is 5.32 Å². The normalized spacial score (nSPS) is 11.7. The average molecular weight is 485 g/mol. The number of carbonyl (C=O) groups excluding carboxylic acids is 3. The molecule has 1 atom stereocenters. The number of ether oxygens (including phenoxy) is 1. The van der Waals surface area contributed by atoms with Gasteiger partial charge in [-0.25, -0.2) is 9.48 Å². The minimum absolute atomic E-state index is 0.00439. The van der Waals surface area contributed by atoms with E-state index in [4.69, 9.17) is 16.3 Å². The molecule has 0 aliphatic carbocycles. The van der Waals surface area contributed by atoms with Crippen molar-refractivity contribution in [3.63, 3.8) is 0 Å². The van der Waals surface area contributed by atoms with E-state index in [0.29, 0.717) is 5.82 Å². The Kier molecular flexibility index (Phi) is 7.42. The van der Waals surface area contributed by atoms with Crippen molar-refractivity contribution in [1.82, 2.24) is 9.78 Å². The second kappa shape index (κ2) is 10.3. The van der Waals surface area contributed by atoms with Gasteiger partial charge >= 0.3 is 5.97 Å². The van der Waals surface area contributed by atoms with Gasteiger partial charge in [0.05, 0.1) is 16.7 Å². The fourth-order valence-corrected chi connectivity index (χ4v) is 3.33. The maximum atomic E-state index is 13.0. The monoisotopic (exact) mass is 484 g/mol. The van der Waals surface area contributed by atoms with Crippen molar-refractivity contribution in [3.8, 4) is 0 Å². The highest BCUT2D eigenvalue weighted by Crippen LogP contribution is 2.27. The molecule has 0 saturated heterocycles. The highest BCUT2D eigenvalue weighted by atomic mass is 35.5. The van der Waals surface area contributed by atoms with E-state index in [1.807, 2.05) is 13.8 Å². The van der Waals surface area contributed by atoms with E-state index in [-0.39, 0.29) is 27.8 Å². The number of benzene rings is 2. The molecule has 0 saturated carbocycles.